The van der Waals surface area contributed by atoms with Crippen LogP contribution in [0, 0.1) is 0 Å². The van der Waals surface area contributed by atoms with Gasteiger partial charge in [-0.1, -0.05) is 54.6 Å². The Morgan fingerprint density at radius 1 is 0.577 bits per heavy atom. The van der Waals surface area contributed by atoms with Gasteiger partial charge in [0.15, 0.2) is 11.6 Å². The van der Waals surface area contributed by atoms with Crippen LogP contribution in [0.15, 0.2) is 72.8 Å². The van der Waals surface area contributed by atoms with E-state index >= 15 is 0 Å². The van der Waals surface area contributed by atoms with Crippen LogP contribution in [0.5, 0.6) is 11.5 Å². The Morgan fingerprint density at radius 2 is 1.19 bits per heavy atom. The molecule has 0 amide bonds. The van der Waals surface area contributed by atoms with Crippen LogP contribution in [0.1, 0.15) is 31.8 Å². The first-order valence-corrected chi connectivity index (χ1v) is 8.38. The molecule has 0 heterocycles. The maximum Gasteiger partial charge on any atom is 0.198 e. The molecule has 0 aromatic heterocycles. The minimum Gasteiger partial charge on any atom is -0.490 e. The second-order valence-electron chi connectivity index (χ2n) is 5.89. The Labute approximate surface area is 151 Å². The normalized spacial score (nSPS) is 12.3. The van der Waals surface area contributed by atoms with Crippen LogP contribution in [0.2, 0.25) is 0 Å². The van der Waals surface area contributed by atoms with Gasteiger partial charge in [0.1, 0.15) is 24.7 Å². The largest absolute Gasteiger partial charge is 0.490 e. The molecule has 0 saturated heterocycles. The standard InChI is InChI=1S/C22H16O4/c23-21-16-9-4-5-10-17(16)22(24)20-18(21)11-6-12-19(20)26-14-13-25-15-7-2-1-3-8-15/h1-12H,13-14H2. The van der Waals surface area contributed by atoms with Crippen LogP contribution in [-0.2, 0) is 0 Å². The summed E-state index contributed by atoms with van der Waals surface area (Å²) in [4.78, 5) is 25.6. The van der Waals surface area contributed by atoms with Gasteiger partial charge >= 0.3 is 0 Å². The number of hydrogen-bond acceptors (Lipinski definition) is 4. The molecule has 0 saturated carbocycles. The van der Waals surface area contributed by atoms with Crippen molar-refractivity contribution < 1.29 is 19.1 Å². The average molecular weight is 344 g/mol. The van der Waals surface area contributed by atoms with Gasteiger partial charge < -0.3 is 9.47 Å². The zero-order valence-electron chi connectivity index (χ0n) is 14.0. The van der Waals surface area contributed by atoms with Gasteiger partial charge in [0.05, 0.1) is 5.56 Å². The van der Waals surface area contributed by atoms with Crippen molar-refractivity contribution in [3.63, 3.8) is 0 Å². The van der Waals surface area contributed by atoms with E-state index in [0.717, 1.165) is 5.75 Å². The summed E-state index contributed by atoms with van der Waals surface area (Å²) in [6, 6.07) is 21.4. The number of para-hydroxylation sites is 1. The molecule has 4 rings (SSSR count). The topological polar surface area (TPSA) is 52.6 Å². The highest BCUT2D eigenvalue weighted by Crippen LogP contribution is 2.33. The minimum atomic E-state index is -0.185. The Morgan fingerprint density at radius 3 is 1.96 bits per heavy atom. The highest BCUT2D eigenvalue weighted by atomic mass is 16.5. The third kappa shape index (κ3) is 2.86. The van der Waals surface area contributed by atoms with Crippen LogP contribution in [0.3, 0.4) is 0 Å². The summed E-state index contributed by atoms with van der Waals surface area (Å²) in [6.45, 7) is 0.612. The predicted octanol–water partition coefficient (Wildman–Crippen LogP) is 3.92. The van der Waals surface area contributed by atoms with Crippen molar-refractivity contribution in [3.05, 3.63) is 95.1 Å². The van der Waals surface area contributed by atoms with Crippen LogP contribution >= 0.6 is 0 Å². The molecule has 0 unspecified atom stereocenters. The number of hydrogen-bond donors (Lipinski definition) is 0. The maximum absolute atomic E-state index is 12.9. The summed E-state index contributed by atoms with van der Waals surface area (Å²) >= 11 is 0. The van der Waals surface area contributed by atoms with E-state index in [4.69, 9.17) is 9.47 Å². The first kappa shape index (κ1) is 16.1. The molecule has 4 nitrogen and oxygen atoms in total. The van der Waals surface area contributed by atoms with Crippen LogP contribution in [0.4, 0.5) is 0 Å². The van der Waals surface area contributed by atoms with Crippen molar-refractivity contribution in [2.45, 2.75) is 0 Å². The molecular formula is C22H16O4. The number of fused-ring (bicyclic) bond motifs is 2. The number of rotatable bonds is 5. The lowest BCUT2D eigenvalue weighted by Crippen LogP contribution is -2.22. The van der Waals surface area contributed by atoms with Gasteiger partial charge in [-0.2, -0.15) is 0 Å². The van der Waals surface area contributed by atoms with Crippen molar-refractivity contribution in [2.75, 3.05) is 13.2 Å². The molecule has 3 aromatic carbocycles. The molecule has 0 N–H and O–H groups in total. The predicted molar refractivity (Wildman–Crippen MR) is 97.2 cm³/mol. The zero-order chi connectivity index (χ0) is 17.9. The zero-order valence-corrected chi connectivity index (χ0v) is 14.0. The number of ketones is 2. The summed E-state index contributed by atoms with van der Waals surface area (Å²) in [5, 5.41) is 0. The summed E-state index contributed by atoms with van der Waals surface area (Å²) in [5.74, 6) is 0.828. The average Bonchev–Trinajstić information content (AvgIpc) is 2.70. The van der Waals surface area contributed by atoms with E-state index in [2.05, 4.69) is 0 Å². The summed E-state index contributed by atoms with van der Waals surface area (Å²) < 4.78 is 11.4. The Kier molecular flexibility index (Phi) is 4.23. The Hall–Kier alpha value is -3.40. The highest BCUT2D eigenvalue weighted by molar-refractivity contribution is 6.29. The van der Waals surface area contributed by atoms with E-state index < -0.39 is 0 Å². The molecule has 3 aromatic rings. The molecule has 1 aliphatic carbocycles. The number of carbonyl (C=O) groups is 2. The molecule has 0 aliphatic heterocycles. The fraction of sp³-hybridized carbons (Fsp3) is 0.0909. The Bertz CT molecular complexity index is 976. The smallest absolute Gasteiger partial charge is 0.198 e. The van der Waals surface area contributed by atoms with Gasteiger partial charge in [0.25, 0.3) is 0 Å². The molecule has 0 fully saturated rings. The van der Waals surface area contributed by atoms with E-state index in [1.165, 1.54) is 0 Å². The molecule has 0 bridgehead atoms. The summed E-state index contributed by atoms with van der Waals surface area (Å²) in [7, 11) is 0. The lowest BCUT2D eigenvalue weighted by atomic mass is 9.83. The van der Waals surface area contributed by atoms with Crippen molar-refractivity contribution in [1.29, 1.82) is 0 Å². The third-order valence-electron chi connectivity index (χ3n) is 4.27. The van der Waals surface area contributed by atoms with Crippen LogP contribution < -0.4 is 9.47 Å². The highest BCUT2D eigenvalue weighted by Gasteiger charge is 2.31. The van der Waals surface area contributed by atoms with Crippen molar-refractivity contribution in [1.82, 2.24) is 0 Å². The molecular weight excluding hydrogens is 328 g/mol. The minimum absolute atomic E-state index is 0.152. The Balaban J connectivity index is 1.54. The lowest BCUT2D eigenvalue weighted by molar-refractivity contribution is 0.0974. The molecule has 26 heavy (non-hydrogen) atoms. The van der Waals surface area contributed by atoms with Crippen LogP contribution in [0.25, 0.3) is 0 Å². The third-order valence-corrected chi connectivity index (χ3v) is 4.27. The molecule has 0 spiro atoms. The van der Waals surface area contributed by atoms with Crippen molar-refractivity contribution in [2.24, 2.45) is 0 Å². The first-order valence-electron chi connectivity index (χ1n) is 8.38. The number of ether oxygens (including phenoxy) is 2. The number of benzene rings is 3. The van der Waals surface area contributed by atoms with E-state index in [1.54, 1.807) is 42.5 Å². The number of carbonyl (C=O) groups excluding carboxylic acids is 2. The SMILES string of the molecule is O=C1c2ccccc2C(=O)c2c(OCCOc3ccccc3)cccc21. The second kappa shape index (κ2) is 6.84. The van der Waals surface area contributed by atoms with Gasteiger partial charge in [-0.05, 0) is 18.2 Å². The quantitative estimate of drug-likeness (QED) is 0.515. The van der Waals surface area contributed by atoms with E-state index in [0.29, 0.717) is 34.6 Å². The van der Waals surface area contributed by atoms with E-state index in [9.17, 15) is 9.59 Å². The molecule has 4 heteroatoms. The molecule has 128 valence electrons. The summed E-state index contributed by atoms with van der Waals surface area (Å²) in [6.07, 6.45) is 0. The fourth-order valence-corrected chi connectivity index (χ4v) is 3.06. The van der Waals surface area contributed by atoms with Gasteiger partial charge in [0, 0.05) is 16.7 Å². The van der Waals surface area contributed by atoms with Gasteiger partial charge in [0.2, 0.25) is 0 Å². The van der Waals surface area contributed by atoms with Crippen molar-refractivity contribution >= 4 is 11.6 Å². The maximum atomic E-state index is 12.9. The first-order chi connectivity index (χ1) is 12.8. The van der Waals surface area contributed by atoms with Gasteiger partial charge in [-0.15, -0.1) is 0 Å². The molecule has 1 aliphatic rings. The molecule has 0 radical (unpaired) electrons. The van der Waals surface area contributed by atoms with E-state index in [1.807, 2.05) is 30.3 Å². The lowest BCUT2D eigenvalue weighted by Gasteiger charge is -2.20. The van der Waals surface area contributed by atoms with Crippen molar-refractivity contribution in [3.8, 4) is 11.5 Å². The fourth-order valence-electron chi connectivity index (χ4n) is 3.06. The molecule has 0 atom stereocenters. The van der Waals surface area contributed by atoms with Gasteiger partial charge in [-0.3, -0.25) is 9.59 Å². The van der Waals surface area contributed by atoms with Crippen LogP contribution in [-0.4, -0.2) is 24.8 Å². The van der Waals surface area contributed by atoms with Gasteiger partial charge in [-0.25, -0.2) is 0 Å². The monoisotopic (exact) mass is 344 g/mol. The summed E-state index contributed by atoms with van der Waals surface area (Å²) in [5.41, 5.74) is 1.57. The second-order valence-corrected chi connectivity index (χ2v) is 5.89. The van der Waals surface area contributed by atoms with E-state index in [-0.39, 0.29) is 18.2 Å².